The van der Waals surface area contributed by atoms with Gasteiger partial charge in [0.1, 0.15) is 0 Å². The van der Waals surface area contributed by atoms with Crippen LogP contribution in [0.15, 0.2) is 42.7 Å². The van der Waals surface area contributed by atoms with E-state index in [1.54, 1.807) is 16.8 Å². The molecule has 0 spiro atoms. The molecule has 0 unspecified atom stereocenters. The van der Waals surface area contributed by atoms with Gasteiger partial charge in [0.15, 0.2) is 5.65 Å². The molecule has 2 heterocycles. The van der Waals surface area contributed by atoms with E-state index in [1.165, 1.54) is 24.8 Å². The van der Waals surface area contributed by atoms with E-state index in [-0.39, 0.29) is 0 Å². The zero-order valence-electron chi connectivity index (χ0n) is 13.4. The third-order valence-corrected chi connectivity index (χ3v) is 4.50. The Hall–Kier alpha value is -2.71. The monoisotopic (exact) mass is 318 g/mol. The van der Waals surface area contributed by atoms with Crippen LogP contribution in [0.5, 0.6) is 0 Å². The second kappa shape index (κ2) is 6.42. The number of benzene rings is 1. The minimum absolute atomic E-state index is 0.473. The molecule has 5 heteroatoms. The summed E-state index contributed by atoms with van der Waals surface area (Å²) in [5.74, 6) is 0. The molecular weight excluding hydrogens is 300 g/mol. The zero-order valence-corrected chi connectivity index (χ0v) is 13.4. The van der Waals surface area contributed by atoms with Gasteiger partial charge in [0.2, 0.25) is 0 Å². The van der Waals surface area contributed by atoms with Crippen LogP contribution in [0.25, 0.3) is 16.7 Å². The molecule has 0 atom stereocenters. The number of nitriles is 1. The van der Waals surface area contributed by atoms with Crippen molar-refractivity contribution in [3.8, 4) is 11.8 Å². The number of hydrogen-bond donors (Lipinski definition) is 0. The Morgan fingerprint density at radius 1 is 1.21 bits per heavy atom. The van der Waals surface area contributed by atoms with Crippen LogP contribution < -0.4 is 0 Å². The summed E-state index contributed by atoms with van der Waals surface area (Å²) < 4.78 is 7.61. The third-order valence-electron chi connectivity index (χ3n) is 4.50. The zero-order chi connectivity index (χ0) is 16.4. The summed E-state index contributed by atoms with van der Waals surface area (Å²) in [6.07, 6.45) is 8.78. The average Bonchev–Trinajstić information content (AvgIpc) is 3.00. The highest BCUT2D eigenvalue weighted by Crippen LogP contribution is 2.22. The molecule has 0 bridgehead atoms. The molecule has 0 N–H and O–H groups in total. The SMILES string of the molecule is N#Cc1ccc(-n2ncc3cc(CCOC4CCC4)cnc32)cc1. The lowest BCUT2D eigenvalue weighted by Crippen LogP contribution is -2.22. The van der Waals surface area contributed by atoms with E-state index in [0.717, 1.165) is 29.7 Å². The molecule has 1 aromatic carbocycles. The summed E-state index contributed by atoms with van der Waals surface area (Å²) in [5.41, 5.74) is 3.53. The van der Waals surface area contributed by atoms with Crippen LogP contribution in [-0.2, 0) is 11.2 Å². The summed E-state index contributed by atoms with van der Waals surface area (Å²) in [6, 6.07) is 11.6. The van der Waals surface area contributed by atoms with Gasteiger partial charge in [0, 0.05) is 11.6 Å². The first-order chi connectivity index (χ1) is 11.8. The smallest absolute Gasteiger partial charge is 0.162 e. The Labute approximate surface area is 140 Å². The molecule has 24 heavy (non-hydrogen) atoms. The van der Waals surface area contributed by atoms with Crippen molar-refractivity contribution in [3.05, 3.63) is 53.9 Å². The number of aromatic nitrogens is 3. The molecule has 1 fully saturated rings. The molecule has 4 rings (SSSR count). The van der Waals surface area contributed by atoms with E-state index in [0.29, 0.717) is 11.7 Å². The lowest BCUT2D eigenvalue weighted by Gasteiger charge is -2.25. The molecule has 2 aromatic heterocycles. The van der Waals surface area contributed by atoms with Crippen molar-refractivity contribution in [1.29, 1.82) is 5.26 Å². The summed E-state index contributed by atoms with van der Waals surface area (Å²) >= 11 is 0. The standard InChI is InChI=1S/C19H18N4O/c20-11-14-4-6-17(7-5-14)23-19-16(13-22-23)10-15(12-21-19)8-9-24-18-2-1-3-18/h4-7,10,12-13,18H,1-3,8-9H2. The summed E-state index contributed by atoms with van der Waals surface area (Å²) in [5, 5.41) is 14.3. The van der Waals surface area contributed by atoms with Gasteiger partial charge in [0.25, 0.3) is 0 Å². The van der Waals surface area contributed by atoms with Crippen LogP contribution in [-0.4, -0.2) is 27.5 Å². The Morgan fingerprint density at radius 2 is 2.04 bits per heavy atom. The van der Waals surface area contributed by atoms with Gasteiger partial charge in [0.05, 0.1) is 36.2 Å². The Morgan fingerprint density at radius 3 is 2.75 bits per heavy atom. The van der Waals surface area contributed by atoms with Crippen molar-refractivity contribution in [1.82, 2.24) is 14.8 Å². The van der Waals surface area contributed by atoms with Gasteiger partial charge in [-0.15, -0.1) is 0 Å². The lowest BCUT2D eigenvalue weighted by atomic mass is 9.96. The van der Waals surface area contributed by atoms with Crippen LogP contribution in [0.1, 0.15) is 30.4 Å². The number of nitrogens with zero attached hydrogens (tertiary/aromatic N) is 4. The first-order valence-corrected chi connectivity index (χ1v) is 8.28. The minimum Gasteiger partial charge on any atom is -0.378 e. The van der Waals surface area contributed by atoms with Gasteiger partial charge in [-0.05, 0) is 61.6 Å². The van der Waals surface area contributed by atoms with Gasteiger partial charge >= 0.3 is 0 Å². The van der Waals surface area contributed by atoms with Crippen molar-refractivity contribution in [2.45, 2.75) is 31.8 Å². The summed E-state index contributed by atoms with van der Waals surface area (Å²) in [6.45, 7) is 0.752. The maximum absolute atomic E-state index is 8.89. The van der Waals surface area contributed by atoms with Crippen molar-refractivity contribution in [2.75, 3.05) is 6.61 Å². The first kappa shape index (κ1) is 14.9. The van der Waals surface area contributed by atoms with E-state index in [2.05, 4.69) is 22.2 Å². The van der Waals surface area contributed by atoms with Crippen LogP contribution in [0, 0.1) is 11.3 Å². The number of fused-ring (bicyclic) bond motifs is 1. The van der Waals surface area contributed by atoms with E-state index < -0.39 is 0 Å². The van der Waals surface area contributed by atoms with Gasteiger partial charge in [-0.25, -0.2) is 9.67 Å². The Bertz CT molecular complexity index is 888. The van der Waals surface area contributed by atoms with E-state index in [4.69, 9.17) is 10.00 Å². The molecule has 120 valence electrons. The first-order valence-electron chi connectivity index (χ1n) is 8.28. The quantitative estimate of drug-likeness (QED) is 0.723. The second-order valence-electron chi connectivity index (χ2n) is 6.15. The molecule has 0 saturated heterocycles. The van der Waals surface area contributed by atoms with Crippen molar-refractivity contribution >= 4 is 11.0 Å². The maximum Gasteiger partial charge on any atom is 0.162 e. The van der Waals surface area contributed by atoms with Crippen molar-refractivity contribution < 1.29 is 4.74 Å². The van der Waals surface area contributed by atoms with Crippen LogP contribution in [0.4, 0.5) is 0 Å². The fourth-order valence-corrected chi connectivity index (χ4v) is 2.85. The van der Waals surface area contributed by atoms with Gasteiger partial charge in [-0.2, -0.15) is 10.4 Å². The molecule has 0 amide bonds. The van der Waals surface area contributed by atoms with Crippen molar-refractivity contribution in [2.24, 2.45) is 0 Å². The van der Waals surface area contributed by atoms with Crippen LogP contribution >= 0.6 is 0 Å². The molecule has 1 aliphatic rings. The predicted octanol–water partition coefficient (Wildman–Crippen LogP) is 3.40. The molecule has 1 saturated carbocycles. The third kappa shape index (κ3) is 2.89. The molecular formula is C19H18N4O. The second-order valence-corrected chi connectivity index (χ2v) is 6.15. The highest BCUT2D eigenvalue weighted by Gasteiger charge is 2.17. The lowest BCUT2D eigenvalue weighted by molar-refractivity contribution is 0.00412. The molecule has 5 nitrogen and oxygen atoms in total. The topological polar surface area (TPSA) is 63.7 Å². The number of pyridine rings is 1. The number of rotatable bonds is 5. The van der Waals surface area contributed by atoms with E-state index in [9.17, 15) is 0 Å². The number of hydrogen-bond acceptors (Lipinski definition) is 4. The molecule has 0 aliphatic heterocycles. The fraction of sp³-hybridized carbons (Fsp3) is 0.316. The minimum atomic E-state index is 0.473. The van der Waals surface area contributed by atoms with Crippen LogP contribution in [0.3, 0.4) is 0 Å². The average molecular weight is 318 g/mol. The summed E-state index contributed by atoms with van der Waals surface area (Å²) in [7, 11) is 0. The number of ether oxygens (including phenoxy) is 1. The van der Waals surface area contributed by atoms with Gasteiger partial charge < -0.3 is 4.74 Å². The van der Waals surface area contributed by atoms with E-state index >= 15 is 0 Å². The van der Waals surface area contributed by atoms with Gasteiger partial charge in [-0.1, -0.05) is 0 Å². The Balaban J connectivity index is 1.52. The maximum atomic E-state index is 8.89. The highest BCUT2D eigenvalue weighted by atomic mass is 16.5. The summed E-state index contributed by atoms with van der Waals surface area (Å²) in [4.78, 5) is 4.57. The van der Waals surface area contributed by atoms with Crippen LogP contribution in [0.2, 0.25) is 0 Å². The van der Waals surface area contributed by atoms with E-state index in [1.807, 2.05) is 24.5 Å². The largest absolute Gasteiger partial charge is 0.378 e. The van der Waals surface area contributed by atoms with Crippen molar-refractivity contribution in [3.63, 3.8) is 0 Å². The normalized spacial score (nSPS) is 14.5. The highest BCUT2D eigenvalue weighted by molar-refractivity contribution is 5.76. The predicted molar refractivity (Wildman–Crippen MR) is 90.9 cm³/mol. The fourth-order valence-electron chi connectivity index (χ4n) is 2.85. The van der Waals surface area contributed by atoms with Gasteiger partial charge in [-0.3, -0.25) is 0 Å². The molecule has 3 aromatic rings. The molecule has 0 radical (unpaired) electrons. The molecule has 1 aliphatic carbocycles. The Kier molecular flexibility index (Phi) is 3.97.